The van der Waals surface area contributed by atoms with E-state index in [4.69, 9.17) is 0 Å². The van der Waals surface area contributed by atoms with Gasteiger partial charge in [-0.05, 0) is 42.0 Å². The van der Waals surface area contributed by atoms with Gasteiger partial charge in [0.2, 0.25) is 0 Å². The van der Waals surface area contributed by atoms with Crippen molar-refractivity contribution < 1.29 is 13.2 Å². The van der Waals surface area contributed by atoms with Crippen LogP contribution in [-0.4, -0.2) is 31.7 Å². The van der Waals surface area contributed by atoms with E-state index in [9.17, 15) is 13.2 Å². The Bertz CT molecular complexity index is 779. The molecule has 1 heterocycles. The third-order valence-electron chi connectivity index (χ3n) is 3.79. The first-order valence-corrected chi connectivity index (χ1v) is 9.70. The molecule has 0 bridgehead atoms. The first-order chi connectivity index (χ1) is 11.0. The van der Waals surface area contributed by atoms with E-state index in [1.807, 2.05) is 12.1 Å². The normalized spacial score (nSPS) is 14.9. The molecule has 0 saturated heterocycles. The summed E-state index contributed by atoms with van der Waals surface area (Å²) in [4.78, 5) is 11.6. The standard InChI is InChI=1S/C16H18N2O3S2/c1-17-16(19)13-6-4-12(5-7-13)11-18(14-8-9-14)23(20,21)15-3-2-10-22-15/h2-7,10,14H,8-9,11H2,1H3,(H,17,19). The third-order valence-corrected chi connectivity index (χ3v) is 7.07. The molecule has 0 spiro atoms. The van der Waals surface area contributed by atoms with Gasteiger partial charge >= 0.3 is 0 Å². The molecular weight excluding hydrogens is 332 g/mol. The van der Waals surface area contributed by atoms with Gasteiger partial charge in [-0.1, -0.05) is 18.2 Å². The summed E-state index contributed by atoms with van der Waals surface area (Å²) in [5.74, 6) is -0.151. The van der Waals surface area contributed by atoms with Gasteiger partial charge in [-0.25, -0.2) is 8.42 Å². The molecule has 1 aliphatic rings. The highest BCUT2D eigenvalue weighted by molar-refractivity contribution is 7.91. The number of nitrogens with one attached hydrogen (secondary N) is 1. The van der Waals surface area contributed by atoms with E-state index in [0.29, 0.717) is 16.3 Å². The van der Waals surface area contributed by atoms with Gasteiger partial charge < -0.3 is 5.32 Å². The first kappa shape index (κ1) is 16.2. The number of hydrogen-bond acceptors (Lipinski definition) is 4. The van der Waals surface area contributed by atoms with Crippen LogP contribution in [0.5, 0.6) is 0 Å². The van der Waals surface area contributed by atoms with Crippen LogP contribution in [0.25, 0.3) is 0 Å². The van der Waals surface area contributed by atoms with Crippen LogP contribution < -0.4 is 5.32 Å². The molecule has 122 valence electrons. The number of benzene rings is 1. The summed E-state index contributed by atoms with van der Waals surface area (Å²) >= 11 is 1.24. The van der Waals surface area contributed by atoms with Crippen molar-refractivity contribution in [3.63, 3.8) is 0 Å². The van der Waals surface area contributed by atoms with E-state index in [2.05, 4.69) is 5.32 Å². The Morgan fingerprint density at radius 1 is 1.26 bits per heavy atom. The second-order valence-electron chi connectivity index (χ2n) is 5.49. The molecule has 1 fully saturated rings. The molecule has 0 aliphatic heterocycles. The molecule has 23 heavy (non-hydrogen) atoms. The van der Waals surface area contributed by atoms with E-state index in [0.717, 1.165) is 18.4 Å². The summed E-state index contributed by atoms with van der Waals surface area (Å²) in [6.07, 6.45) is 1.81. The van der Waals surface area contributed by atoms with Gasteiger partial charge in [0.25, 0.3) is 15.9 Å². The summed E-state index contributed by atoms with van der Waals surface area (Å²) in [7, 11) is -1.87. The van der Waals surface area contributed by atoms with Gasteiger partial charge in [-0.3, -0.25) is 4.79 Å². The van der Waals surface area contributed by atoms with Crippen LogP contribution in [0.3, 0.4) is 0 Å². The minimum Gasteiger partial charge on any atom is -0.355 e. The zero-order valence-corrected chi connectivity index (χ0v) is 14.4. The number of sulfonamides is 1. The molecule has 1 aromatic heterocycles. The molecule has 1 aliphatic carbocycles. The lowest BCUT2D eigenvalue weighted by Crippen LogP contribution is -2.32. The van der Waals surface area contributed by atoms with Crippen molar-refractivity contribution >= 4 is 27.3 Å². The molecule has 2 aromatic rings. The maximum atomic E-state index is 12.8. The molecule has 1 N–H and O–H groups in total. The fourth-order valence-electron chi connectivity index (χ4n) is 2.38. The van der Waals surface area contributed by atoms with Crippen molar-refractivity contribution in [2.24, 2.45) is 0 Å². The Hall–Kier alpha value is -1.70. The van der Waals surface area contributed by atoms with E-state index in [-0.39, 0.29) is 11.9 Å². The predicted molar refractivity (Wildman–Crippen MR) is 89.9 cm³/mol. The van der Waals surface area contributed by atoms with Crippen molar-refractivity contribution in [1.82, 2.24) is 9.62 Å². The van der Waals surface area contributed by atoms with Crippen LogP contribution in [0.4, 0.5) is 0 Å². The summed E-state index contributed by atoms with van der Waals surface area (Å²) < 4.78 is 27.5. The minimum absolute atomic E-state index is 0.0840. The lowest BCUT2D eigenvalue weighted by molar-refractivity contribution is 0.0963. The number of hydrogen-bond donors (Lipinski definition) is 1. The Balaban J connectivity index is 1.82. The average molecular weight is 350 g/mol. The topological polar surface area (TPSA) is 66.5 Å². The van der Waals surface area contributed by atoms with Gasteiger partial charge in [-0.2, -0.15) is 4.31 Å². The summed E-state index contributed by atoms with van der Waals surface area (Å²) in [6, 6.07) is 10.5. The predicted octanol–water partition coefficient (Wildman–Crippen LogP) is 2.46. The molecule has 0 atom stereocenters. The van der Waals surface area contributed by atoms with Crippen molar-refractivity contribution in [1.29, 1.82) is 0 Å². The summed E-state index contributed by atoms with van der Waals surface area (Å²) in [5.41, 5.74) is 1.44. The van der Waals surface area contributed by atoms with Gasteiger partial charge in [0.05, 0.1) is 0 Å². The molecule has 0 unspecified atom stereocenters. The third kappa shape index (κ3) is 3.46. The molecule has 7 heteroatoms. The van der Waals surface area contributed by atoms with Crippen LogP contribution in [0.2, 0.25) is 0 Å². The average Bonchev–Trinajstić information content (AvgIpc) is 3.23. The molecule has 3 rings (SSSR count). The maximum Gasteiger partial charge on any atom is 0.253 e. The highest BCUT2D eigenvalue weighted by Crippen LogP contribution is 2.34. The minimum atomic E-state index is -3.45. The van der Waals surface area contributed by atoms with Crippen LogP contribution in [-0.2, 0) is 16.6 Å². The highest BCUT2D eigenvalue weighted by atomic mass is 32.2. The quantitative estimate of drug-likeness (QED) is 0.870. The number of carbonyl (C=O) groups excluding carboxylic acids is 1. The lowest BCUT2D eigenvalue weighted by Gasteiger charge is -2.21. The fourth-order valence-corrected chi connectivity index (χ4v) is 5.18. The van der Waals surface area contributed by atoms with Crippen molar-refractivity contribution in [2.75, 3.05) is 7.05 Å². The lowest BCUT2D eigenvalue weighted by atomic mass is 10.1. The molecular formula is C16H18N2O3S2. The van der Waals surface area contributed by atoms with Crippen molar-refractivity contribution in [3.8, 4) is 0 Å². The van der Waals surface area contributed by atoms with Crippen LogP contribution in [0.1, 0.15) is 28.8 Å². The fraction of sp³-hybridized carbons (Fsp3) is 0.312. The highest BCUT2D eigenvalue weighted by Gasteiger charge is 2.38. The number of thiophene rings is 1. The van der Waals surface area contributed by atoms with Crippen molar-refractivity contribution in [2.45, 2.75) is 29.6 Å². The summed E-state index contributed by atoms with van der Waals surface area (Å²) in [5, 5.41) is 4.34. The number of nitrogens with zero attached hydrogens (tertiary/aromatic N) is 1. The Labute approximate surface area is 140 Å². The second kappa shape index (κ2) is 6.43. The van der Waals surface area contributed by atoms with Gasteiger partial charge in [-0.15, -0.1) is 11.3 Å². The van der Waals surface area contributed by atoms with Crippen LogP contribution in [0.15, 0.2) is 46.0 Å². The monoisotopic (exact) mass is 350 g/mol. The van der Waals surface area contributed by atoms with Gasteiger partial charge in [0.15, 0.2) is 0 Å². The van der Waals surface area contributed by atoms with E-state index in [1.54, 1.807) is 41.0 Å². The molecule has 1 amide bonds. The molecule has 0 radical (unpaired) electrons. The van der Waals surface area contributed by atoms with E-state index in [1.165, 1.54) is 11.3 Å². The van der Waals surface area contributed by atoms with Crippen LogP contribution >= 0.6 is 11.3 Å². The number of carbonyl (C=O) groups is 1. The molecule has 1 saturated carbocycles. The first-order valence-electron chi connectivity index (χ1n) is 7.39. The number of amides is 1. The Kier molecular flexibility index (Phi) is 4.52. The zero-order chi connectivity index (χ0) is 16.4. The smallest absolute Gasteiger partial charge is 0.253 e. The SMILES string of the molecule is CNC(=O)c1ccc(CN(C2CC2)S(=O)(=O)c2cccs2)cc1. The molecule has 5 nitrogen and oxygen atoms in total. The van der Waals surface area contributed by atoms with Gasteiger partial charge in [0.1, 0.15) is 4.21 Å². The largest absolute Gasteiger partial charge is 0.355 e. The van der Waals surface area contributed by atoms with Crippen LogP contribution in [0, 0.1) is 0 Å². The van der Waals surface area contributed by atoms with Crippen molar-refractivity contribution in [3.05, 3.63) is 52.9 Å². The second-order valence-corrected chi connectivity index (χ2v) is 8.55. The summed E-state index contributed by atoms with van der Waals surface area (Å²) in [6.45, 7) is 0.332. The Morgan fingerprint density at radius 2 is 1.96 bits per heavy atom. The zero-order valence-electron chi connectivity index (χ0n) is 12.7. The van der Waals surface area contributed by atoms with E-state index < -0.39 is 10.0 Å². The van der Waals surface area contributed by atoms with Gasteiger partial charge in [0, 0.05) is 25.2 Å². The number of rotatable bonds is 6. The molecule has 1 aromatic carbocycles. The Morgan fingerprint density at radius 3 is 2.48 bits per heavy atom. The van der Waals surface area contributed by atoms with E-state index >= 15 is 0 Å². The maximum absolute atomic E-state index is 12.8.